The molecular formula is C20H28N4O5S. The average molecular weight is 437 g/mol. The van der Waals surface area contributed by atoms with Crippen molar-refractivity contribution >= 4 is 40.7 Å². The minimum absolute atomic E-state index is 0.0846. The van der Waals surface area contributed by atoms with Crippen molar-refractivity contribution in [1.29, 1.82) is 0 Å². The topological polar surface area (TPSA) is 111 Å². The normalized spacial score (nSPS) is 16.0. The molecule has 0 bridgehead atoms. The fraction of sp³-hybridized carbons (Fsp3) is 0.500. The minimum atomic E-state index is -0.928. The Morgan fingerprint density at radius 2 is 1.90 bits per heavy atom. The number of benzene rings is 1. The number of carbonyl (C=O) groups excluding carboxylic acids is 3. The van der Waals surface area contributed by atoms with Crippen LogP contribution in [0.1, 0.15) is 39.5 Å². The van der Waals surface area contributed by atoms with Crippen molar-refractivity contribution in [3.8, 4) is 5.75 Å². The number of likely N-dealkylation sites (N-methyl/N-ethyl adjacent to an activating group) is 1. The first kappa shape index (κ1) is 23.6. The van der Waals surface area contributed by atoms with Gasteiger partial charge in [-0.3, -0.25) is 24.7 Å². The number of carbonyl (C=O) groups is 3. The Bertz CT molecular complexity index is 771. The SMILES string of the molecule is CCCOc1ccc(NC(=O)CC2C(=O)N(CC)C(=S)N2NC(=O)CCCO)cc1. The van der Waals surface area contributed by atoms with Gasteiger partial charge >= 0.3 is 0 Å². The van der Waals surface area contributed by atoms with Crippen molar-refractivity contribution in [1.82, 2.24) is 15.3 Å². The van der Waals surface area contributed by atoms with E-state index in [2.05, 4.69) is 10.7 Å². The van der Waals surface area contributed by atoms with Crippen LogP contribution in [0.2, 0.25) is 0 Å². The van der Waals surface area contributed by atoms with Crippen LogP contribution >= 0.6 is 12.2 Å². The molecule has 0 aliphatic carbocycles. The molecule has 0 radical (unpaired) electrons. The van der Waals surface area contributed by atoms with E-state index < -0.39 is 6.04 Å². The van der Waals surface area contributed by atoms with Crippen molar-refractivity contribution in [3.63, 3.8) is 0 Å². The number of amides is 3. The second-order valence-corrected chi connectivity index (χ2v) is 7.10. The molecule has 0 aromatic heterocycles. The zero-order chi connectivity index (χ0) is 22.1. The zero-order valence-electron chi connectivity index (χ0n) is 17.2. The molecular weight excluding hydrogens is 408 g/mol. The van der Waals surface area contributed by atoms with E-state index in [4.69, 9.17) is 22.1 Å². The number of thiocarbonyl (C=S) groups is 1. The number of nitrogens with zero attached hydrogens (tertiary/aromatic N) is 2. The molecule has 1 unspecified atom stereocenters. The molecule has 2 rings (SSSR count). The van der Waals surface area contributed by atoms with E-state index in [0.717, 1.165) is 6.42 Å². The maximum atomic E-state index is 12.7. The third-order valence-corrected chi connectivity index (χ3v) is 4.83. The van der Waals surface area contributed by atoms with E-state index in [0.29, 0.717) is 31.0 Å². The van der Waals surface area contributed by atoms with Crippen molar-refractivity contribution in [2.24, 2.45) is 0 Å². The first-order valence-corrected chi connectivity index (χ1v) is 10.4. The first-order valence-electron chi connectivity index (χ1n) is 9.98. The molecule has 1 aliphatic rings. The third-order valence-electron chi connectivity index (χ3n) is 4.41. The zero-order valence-corrected chi connectivity index (χ0v) is 18.0. The van der Waals surface area contributed by atoms with Crippen molar-refractivity contribution < 1.29 is 24.2 Å². The summed E-state index contributed by atoms with van der Waals surface area (Å²) < 4.78 is 5.51. The molecule has 1 aromatic rings. The van der Waals surface area contributed by atoms with Gasteiger partial charge in [0.25, 0.3) is 5.91 Å². The Morgan fingerprint density at radius 1 is 1.20 bits per heavy atom. The van der Waals surface area contributed by atoms with Crippen LogP contribution in [0.4, 0.5) is 5.69 Å². The molecule has 3 N–H and O–H groups in total. The summed E-state index contributed by atoms with van der Waals surface area (Å²) in [6, 6.07) is 6.03. The first-order chi connectivity index (χ1) is 14.4. The smallest absolute Gasteiger partial charge is 0.254 e. The van der Waals surface area contributed by atoms with Crippen molar-refractivity contribution in [2.75, 3.05) is 25.1 Å². The quantitative estimate of drug-likeness (QED) is 0.450. The monoisotopic (exact) mass is 436 g/mol. The standard InChI is InChI=1S/C20H28N4O5S/c1-3-12-29-15-9-7-14(8-10-15)21-18(27)13-16-19(28)23(4-2)20(30)24(16)22-17(26)6-5-11-25/h7-10,16,25H,3-6,11-13H2,1-2H3,(H,21,27)(H,22,26). The fourth-order valence-electron chi connectivity index (χ4n) is 2.92. The molecule has 1 aliphatic heterocycles. The van der Waals surface area contributed by atoms with Crippen molar-refractivity contribution in [2.45, 2.75) is 45.6 Å². The molecule has 0 saturated carbocycles. The van der Waals surface area contributed by atoms with Gasteiger partial charge in [0, 0.05) is 25.3 Å². The highest BCUT2D eigenvalue weighted by Gasteiger charge is 2.43. The summed E-state index contributed by atoms with van der Waals surface area (Å²) in [6.45, 7) is 4.61. The van der Waals surface area contributed by atoms with Crippen LogP contribution in [0.3, 0.4) is 0 Å². The minimum Gasteiger partial charge on any atom is -0.494 e. The van der Waals surface area contributed by atoms with Gasteiger partial charge in [-0.15, -0.1) is 0 Å². The predicted octanol–water partition coefficient (Wildman–Crippen LogP) is 1.43. The lowest BCUT2D eigenvalue weighted by atomic mass is 10.2. The van der Waals surface area contributed by atoms with Gasteiger partial charge in [0.1, 0.15) is 11.8 Å². The lowest BCUT2D eigenvalue weighted by Crippen LogP contribution is -2.49. The molecule has 30 heavy (non-hydrogen) atoms. The van der Waals surface area contributed by atoms with Crippen LogP contribution in [-0.4, -0.2) is 63.6 Å². The van der Waals surface area contributed by atoms with E-state index in [9.17, 15) is 14.4 Å². The van der Waals surface area contributed by atoms with Gasteiger partial charge in [-0.2, -0.15) is 0 Å². The molecule has 1 aromatic carbocycles. The van der Waals surface area contributed by atoms with Crippen LogP contribution in [0.15, 0.2) is 24.3 Å². The molecule has 9 nitrogen and oxygen atoms in total. The molecule has 0 spiro atoms. The van der Waals surface area contributed by atoms with Crippen LogP contribution in [0, 0.1) is 0 Å². The molecule has 3 amide bonds. The molecule has 10 heteroatoms. The number of hydrazine groups is 1. The molecule has 1 fully saturated rings. The van der Waals surface area contributed by atoms with Crippen LogP contribution < -0.4 is 15.5 Å². The highest BCUT2D eigenvalue weighted by atomic mass is 32.1. The van der Waals surface area contributed by atoms with E-state index in [1.165, 1.54) is 9.91 Å². The molecule has 1 saturated heterocycles. The van der Waals surface area contributed by atoms with Gasteiger partial charge in [-0.25, -0.2) is 5.01 Å². The number of ether oxygens (including phenoxy) is 1. The van der Waals surface area contributed by atoms with Gasteiger partial charge in [0.05, 0.1) is 13.0 Å². The Kier molecular flexibility index (Phi) is 9.00. The molecule has 1 heterocycles. The summed E-state index contributed by atoms with van der Waals surface area (Å²) in [5.41, 5.74) is 3.16. The summed E-state index contributed by atoms with van der Waals surface area (Å²) in [4.78, 5) is 38.7. The lowest BCUT2D eigenvalue weighted by molar-refractivity contribution is -0.132. The summed E-state index contributed by atoms with van der Waals surface area (Å²) in [6.07, 6.45) is 1.10. The van der Waals surface area contributed by atoms with E-state index in [1.54, 1.807) is 31.2 Å². The van der Waals surface area contributed by atoms with Crippen LogP contribution in [0.25, 0.3) is 0 Å². The lowest BCUT2D eigenvalue weighted by Gasteiger charge is -2.24. The number of aliphatic hydroxyl groups excluding tert-OH is 1. The summed E-state index contributed by atoms with van der Waals surface area (Å²) in [7, 11) is 0. The number of rotatable bonds is 11. The number of nitrogens with one attached hydrogen (secondary N) is 2. The Labute approximate surface area is 181 Å². The second-order valence-electron chi connectivity index (χ2n) is 6.74. The number of hydrogen-bond donors (Lipinski definition) is 3. The number of anilines is 1. The van der Waals surface area contributed by atoms with E-state index >= 15 is 0 Å². The maximum Gasteiger partial charge on any atom is 0.254 e. The van der Waals surface area contributed by atoms with Gasteiger partial charge in [0.2, 0.25) is 11.8 Å². The predicted molar refractivity (Wildman–Crippen MR) is 116 cm³/mol. The Balaban J connectivity index is 2.03. The van der Waals surface area contributed by atoms with Crippen LogP contribution in [-0.2, 0) is 14.4 Å². The van der Waals surface area contributed by atoms with E-state index in [-0.39, 0.29) is 42.3 Å². The highest BCUT2D eigenvalue weighted by Crippen LogP contribution is 2.21. The maximum absolute atomic E-state index is 12.7. The summed E-state index contributed by atoms with van der Waals surface area (Å²) in [5.74, 6) is -0.402. The summed E-state index contributed by atoms with van der Waals surface area (Å²) >= 11 is 5.30. The second kappa shape index (κ2) is 11.5. The van der Waals surface area contributed by atoms with Gasteiger partial charge in [-0.1, -0.05) is 6.92 Å². The van der Waals surface area contributed by atoms with E-state index in [1.807, 2.05) is 6.92 Å². The molecule has 1 atom stereocenters. The van der Waals surface area contributed by atoms with Gasteiger partial charge < -0.3 is 15.2 Å². The third kappa shape index (κ3) is 6.14. The Hall–Kier alpha value is -2.72. The van der Waals surface area contributed by atoms with Crippen molar-refractivity contribution in [3.05, 3.63) is 24.3 Å². The van der Waals surface area contributed by atoms with Gasteiger partial charge in [-0.05, 0) is 56.2 Å². The largest absolute Gasteiger partial charge is 0.494 e. The Morgan fingerprint density at radius 3 is 2.50 bits per heavy atom. The fourth-order valence-corrected chi connectivity index (χ4v) is 3.31. The number of hydrogen-bond acceptors (Lipinski definition) is 6. The van der Waals surface area contributed by atoms with Crippen LogP contribution in [0.5, 0.6) is 5.75 Å². The van der Waals surface area contributed by atoms with Gasteiger partial charge in [0.15, 0.2) is 5.11 Å². The number of aliphatic hydroxyl groups is 1. The summed E-state index contributed by atoms with van der Waals surface area (Å²) in [5, 5.41) is 13.0. The molecule has 164 valence electrons. The highest BCUT2D eigenvalue weighted by molar-refractivity contribution is 7.80. The average Bonchev–Trinajstić information content (AvgIpc) is 2.95.